The van der Waals surface area contributed by atoms with Crippen molar-refractivity contribution in [2.75, 3.05) is 14.2 Å². The van der Waals surface area contributed by atoms with E-state index in [1.54, 1.807) is 14.2 Å². The fourth-order valence-electron chi connectivity index (χ4n) is 2.06. The summed E-state index contributed by atoms with van der Waals surface area (Å²) in [7, 11) is 3.30. The first kappa shape index (κ1) is 12.6. The molecule has 2 nitrogen and oxygen atoms in total. The number of alkyl halides is 1. The molecule has 1 atom stereocenters. The summed E-state index contributed by atoms with van der Waals surface area (Å²) in [6.45, 7) is 0. The van der Waals surface area contributed by atoms with Crippen LogP contribution in [-0.4, -0.2) is 19.6 Å². The van der Waals surface area contributed by atoms with Gasteiger partial charge in [-0.25, -0.2) is 0 Å². The monoisotopic (exact) mass is 254 g/mol. The van der Waals surface area contributed by atoms with E-state index < -0.39 is 0 Å². The van der Waals surface area contributed by atoms with E-state index in [0.717, 1.165) is 30.3 Å². The molecule has 0 bridgehead atoms. The highest BCUT2D eigenvalue weighted by molar-refractivity contribution is 6.20. The molecule has 1 aliphatic rings. The van der Waals surface area contributed by atoms with Crippen LogP contribution in [0, 0.1) is 5.92 Å². The highest BCUT2D eigenvalue weighted by atomic mass is 35.5. The molecular formula is C14H19ClO2. The van der Waals surface area contributed by atoms with Gasteiger partial charge in [0.05, 0.1) is 14.2 Å². The number of ether oxygens (including phenoxy) is 2. The first-order chi connectivity index (χ1) is 8.22. The van der Waals surface area contributed by atoms with Crippen LogP contribution in [-0.2, 0) is 6.42 Å². The summed E-state index contributed by atoms with van der Waals surface area (Å²) in [5, 5.41) is 0.237. The molecule has 3 heteroatoms. The lowest BCUT2D eigenvalue weighted by Crippen LogP contribution is -2.04. The molecule has 0 N–H and O–H groups in total. The van der Waals surface area contributed by atoms with Gasteiger partial charge in [0.1, 0.15) is 0 Å². The Labute approximate surface area is 108 Å². The Morgan fingerprint density at radius 3 is 2.53 bits per heavy atom. The fourth-order valence-corrected chi connectivity index (χ4v) is 2.49. The highest BCUT2D eigenvalue weighted by Crippen LogP contribution is 2.36. The molecule has 2 rings (SSSR count). The van der Waals surface area contributed by atoms with Crippen LogP contribution < -0.4 is 9.47 Å². The van der Waals surface area contributed by atoms with E-state index in [4.69, 9.17) is 21.1 Å². The molecule has 1 unspecified atom stereocenters. The van der Waals surface area contributed by atoms with Gasteiger partial charge in [-0.05, 0) is 36.5 Å². The molecule has 0 radical (unpaired) electrons. The number of hydrogen-bond acceptors (Lipinski definition) is 2. The van der Waals surface area contributed by atoms with Crippen molar-refractivity contribution in [3.05, 3.63) is 23.8 Å². The van der Waals surface area contributed by atoms with E-state index in [2.05, 4.69) is 6.07 Å². The van der Waals surface area contributed by atoms with Crippen LogP contribution in [0.1, 0.15) is 24.8 Å². The summed E-state index contributed by atoms with van der Waals surface area (Å²) in [5.74, 6) is 2.42. The molecule has 1 aromatic rings. The van der Waals surface area contributed by atoms with Crippen LogP contribution in [0.5, 0.6) is 11.5 Å². The molecule has 1 aliphatic carbocycles. The van der Waals surface area contributed by atoms with Gasteiger partial charge in [-0.15, -0.1) is 11.6 Å². The second-order valence-corrected chi connectivity index (χ2v) is 5.29. The molecule has 94 valence electrons. The lowest BCUT2D eigenvalue weighted by molar-refractivity contribution is 0.354. The predicted molar refractivity (Wildman–Crippen MR) is 70.2 cm³/mol. The average molecular weight is 255 g/mol. The summed E-state index contributed by atoms with van der Waals surface area (Å²) in [6.07, 6.45) is 4.75. The predicted octanol–water partition coefficient (Wildman–Crippen LogP) is 3.65. The normalized spacial score (nSPS) is 16.6. The molecule has 0 spiro atoms. The van der Waals surface area contributed by atoms with Gasteiger partial charge in [0.2, 0.25) is 0 Å². The van der Waals surface area contributed by atoms with Gasteiger partial charge in [-0.1, -0.05) is 18.9 Å². The summed E-state index contributed by atoms with van der Waals surface area (Å²) in [5.41, 5.74) is 1.21. The Morgan fingerprint density at radius 1 is 1.24 bits per heavy atom. The molecule has 1 saturated carbocycles. The topological polar surface area (TPSA) is 18.5 Å². The molecule has 0 aliphatic heterocycles. The average Bonchev–Trinajstić information content (AvgIpc) is 3.12. The Kier molecular flexibility index (Phi) is 4.16. The Balaban J connectivity index is 1.99. The maximum Gasteiger partial charge on any atom is 0.160 e. The zero-order valence-corrected chi connectivity index (χ0v) is 11.2. The SMILES string of the molecule is COc1ccc(CC(Cl)CC2CC2)cc1OC. The highest BCUT2D eigenvalue weighted by Gasteiger charge is 2.24. The number of benzene rings is 1. The third-order valence-corrected chi connectivity index (χ3v) is 3.52. The quantitative estimate of drug-likeness (QED) is 0.722. The van der Waals surface area contributed by atoms with Gasteiger partial charge in [-0.3, -0.25) is 0 Å². The van der Waals surface area contributed by atoms with Crippen molar-refractivity contribution < 1.29 is 9.47 Å². The van der Waals surface area contributed by atoms with Crippen LogP contribution in [0.25, 0.3) is 0 Å². The third kappa shape index (κ3) is 3.53. The molecule has 17 heavy (non-hydrogen) atoms. The van der Waals surface area contributed by atoms with Crippen molar-refractivity contribution in [3.63, 3.8) is 0 Å². The zero-order chi connectivity index (χ0) is 12.3. The summed E-state index contributed by atoms with van der Waals surface area (Å²) in [4.78, 5) is 0. The largest absolute Gasteiger partial charge is 0.493 e. The second-order valence-electron chi connectivity index (χ2n) is 4.67. The van der Waals surface area contributed by atoms with E-state index >= 15 is 0 Å². The van der Waals surface area contributed by atoms with E-state index in [-0.39, 0.29) is 5.38 Å². The summed E-state index contributed by atoms with van der Waals surface area (Å²) >= 11 is 6.35. The minimum atomic E-state index is 0.237. The van der Waals surface area contributed by atoms with Gasteiger partial charge < -0.3 is 9.47 Å². The van der Waals surface area contributed by atoms with Gasteiger partial charge in [0, 0.05) is 5.38 Å². The molecule has 0 saturated heterocycles. The maximum absolute atomic E-state index is 6.35. The first-order valence-corrected chi connectivity index (χ1v) is 6.51. The summed E-state index contributed by atoms with van der Waals surface area (Å²) in [6, 6.07) is 6.01. The number of rotatable bonds is 6. The van der Waals surface area contributed by atoms with Crippen LogP contribution in [0.3, 0.4) is 0 Å². The second kappa shape index (κ2) is 5.63. The van der Waals surface area contributed by atoms with Crippen molar-refractivity contribution in [3.8, 4) is 11.5 Å². The van der Waals surface area contributed by atoms with Crippen LogP contribution >= 0.6 is 11.6 Å². The van der Waals surface area contributed by atoms with E-state index in [1.807, 2.05) is 12.1 Å². The lowest BCUT2D eigenvalue weighted by atomic mass is 10.1. The van der Waals surface area contributed by atoms with E-state index in [1.165, 1.54) is 18.4 Å². The van der Waals surface area contributed by atoms with E-state index in [9.17, 15) is 0 Å². The van der Waals surface area contributed by atoms with Gasteiger partial charge in [0.15, 0.2) is 11.5 Å². The minimum Gasteiger partial charge on any atom is -0.493 e. The third-order valence-electron chi connectivity index (χ3n) is 3.19. The van der Waals surface area contributed by atoms with Gasteiger partial charge >= 0.3 is 0 Å². The maximum atomic E-state index is 6.35. The molecule has 0 heterocycles. The molecule has 0 aromatic heterocycles. The first-order valence-electron chi connectivity index (χ1n) is 6.08. The van der Waals surface area contributed by atoms with Crippen molar-refractivity contribution in [2.45, 2.75) is 31.1 Å². The van der Waals surface area contributed by atoms with Gasteiger partial charge in [0.25, 0.3) is 0 Å². The Morgan fingerprint density at radius 2 is 1.94 bits per heavy atom. The Hall–Kier alpha value is -0.890. The van der Waals surface area contributed by atoms with Crippen LogP contribution in [0.15, 0.2) is 18.2 Å². The molecule has 1 aromatic carbocycles. The molecular weight excluding hydrogens is 236 g/mol. The lowest BCUT2D eigenvalue weighted by Gasteiger charge is -2.12. The molecule has 0 amide bonds. The number of hydrogen-bond donors (Lipinski definition) is 0. The van der Waals surface area contributed by atoms with Crippen molar-refractivity contribution in [1.29, 1.82) is 0 Å². The summed E-state index contributed by atoms with van der Waals surface area (Å²) < 4.78 is 10.5. The van der Waals surface area contributed by atoms with Gasteiger partial charge in [-0.2, -0.15) is 0 Å². The Bertz CT molecular complexity index is 374. The van der Waals surface area contributed by atoms with Crippen LogP contribution in [0.2, 0.25) is 0 Å². The standard InChI is InChI=1S/C14H19ClO2/c1-16-13-6-5-11(9-14(13)17-2)8-12(15)7-10-3-4-10/h5-6,9-10,12H,3-4,7-8H2,1-2H3. The molecule has 1 fully saturated rings. The number of halogens is 1. The number of methoxy groups -OCH3 is 2. The smallest absolute Gasteiger partial charge is 0.160 e. The van der Waals surface area contributed by atoms with Crippen LogP contribution in [0.4, 0.5) is 0 Å². The fraction of sp³-hybridized carbons (Fsp3) is 0.571. The zero-order valence-electron chi connectivity index (χ0n) is 10.4. The van der Waals surface area contributed by atoms with Crippen molar-refractivity contribution in [2.24, 2.45) is 5.92 Å². The van der Waals surface area contributed by atoms with Crippen molar-refractivity contribution >= 4 is 11.6 Å². The van der Waals surface area contributed by atoms with E-state index in [0.29, 0.717) is 0 Å². The minimum absolute atomic E-state index is 0.237. The van der Waals surface area contributed by atoms with Crippen molar-refractivity contribution in [1.82, 2.24) is 0 Å².